The zero-order chi connectivity index (χ0) is 19.6. The molecule has 1 aliphatic heterocycles. The predicted molar refractivity (Wildman–Crippen MR) is 114 cm³/mol. The molecule has 0 unspecified atom stereocenters. The number of likely N-dealkylation sites (tertiary alicyclic amines) is 1. The third kappa shape index (κ3) is 4.12. The highest BCUT2D eigenvalue weighted by Gasteiger charge is 2.28. The topological polar surface area (TPSA) is 40.6 Å². The summed E-state index contributed by atoms with van der Waals surface area (Å²) in [7, 11) is -1.78. The van der Waals surface area contributed by atoms with E-state index in [1.54, 1.807) is 19.2 Å². The van der Waals surface area contributed by atoms with Gasteiger partial charge in [0.15, 0.2) is 0 Å². The normalized spacial score (nSPS) is 18.1. The van der Waals surface area contributed by atoms with Gasteiger partial charge in [-0.3, -0.25) is 4.90 Å². The summed E-state index contributed by atoms with van der Waals surface area (Å²) in [6, 6.07) is 23.7. The third-order valence-corrected chi connectivity index (χ3v) is 7.38. The van der Waals surface area contributed by atoms with E-state index in [9.17, 15) is 8.42 Å². The Balaban J connectivity index is 1.41. The molecule has 0 N–H and O–H groups in total. The minimum atomic E-state index is -3.48. The van der Waals surface area contributed by atoms with Crippen molar-refractivity contribution in [3.8, 4) is 0 Å². The van der Waals surface area contributed by atoms with Gasteiger partial charge in [0.05, 0.1) is 4.90 Å². The van der Waals surface area contributed by atoms with E-state index in [0.717, 1.165) is 36.8 Å². The zero-order valence-corrected chi connectivity index (χ0v) is 17.0. The highest BCUT2D eigenvalue weighted by Crippen LogP contribution is 2.24. The second kappa shape index (κ2) is 8.03. The SMILES string of the molecule is CN(C[C@H]1CCN(Cc2ccccc2)C1)S(=O)(=O)c1ccc2ccccc2c1. The highest BCUT2D eigenvalue weighted by atomic mass is 32.2. The van der Waals surface area contributed by atoms with Crippen LogP contribution >= 0.6 is 0 Å². The summed E-state index contributed by atoms with van der Waals surface area (Å²) in [5.74, 6) is 0.365. The molecule has 146 valence electrons. The fourth-order valence-corrected chi connectivity index (χ4v) is 5.30. The molecular weight excluding hydrogens is 368 g/mol. The summed E-state index contributed by atoms with van der Waals surface area (Å²) in [4.78, 5) is 2.78. The van der Waals surface area contributed by atoms with Gasteiger partial charge < -0.3 is 0 Å². The second-order valence-electron chi connectivity index (χ2n) is 7.67. The summed E-state index contributed by atoms with van der Waals surface area (Å²) in [5, 5.41) is 2.00. The minimum Gasteiger partial charge on any atom is -0.299 e. The van der Waals surface area contributed by atoms with Crippen molar-refractivity contribution in [1.29, 1.82) is 0 Å². The third-order valence-electron chi connectivity index (χ3n) is 5.56. The molecule has 0 radical (unpaired) electrons. The van der Waals surface area contributed by atoms with Crippen molar-refractivity contribution in [3.05, 3.63) is 78.4 Å². The lowest BCUT2D eigenvalue weighted by Crippen LogP contribution is -2.33. The first-order valence-electron chi connectivity index (χ1n) is 9.74. The molecule has 3 aromatic rings. The Morgan fingerprint density at radius 2 is 1.68 bits per heavy atom. The van der Waals surface area contributed by atoms with Crippen molar-refractivity contribution in [2.75, 3.05) is 26.7 Å². The van der Waals surface area contributed by atoms with Crippen LogP contribution in [0.4, 0.5) is 0 Å². The van der Waals surface area contributed by atoms with Crippen LogP contribution in [0.1, 0.15) is 12.0 Å². The largest absolute Gasteiger partial charge is 0.299 e. The van der Waals surface area contributed by atoms with E-state index in [2.05, 4.69) is 29.2 Å². The molecule has 0 amide bonds. The van der Waals surface area contributed by atoms with Gasteiger partial charge in [0.25, 0.3) is 0 Å². The molecule has 0 bridgehead atoms. The molecule has 5 heteroatoms. The van der Waals surface area contributed by atoms with Crippen molar-refractivity contribution < 1.29 is 8.42 Å². The van der Waals surface area contributed by atoms with Gasteiger partial charge in [0.2, 0.25) is 10.0 Å². The van der Waals surface area contributed by atoms with Crippen LogP contribution in [0, 0.1) is 5.92 Å². The molecule has 0 spiro atoms. The minimum absolute atomic E-state index is 0.365. The second-order valence-corrected chi connectivity index (χ2v) is 9.71. The Bertz CT molecular complexity index is 1050. The lowest BCUT2D eigenvalue weighted by molar-refractivity contribution is 0.304. The average molecular weight is 395 g/mol. The monoisotopic (exact) mass is 394 g/mol. The number of sulfonamides is 1. The standard InChI is InChI=1S/C23H26N2O2S/c1-24(16-20-13-14-25(18-20)17-19-7-3-2-4-8-19)28(26,27)23-12-11-21-9-5-6-10-22(21)15-23/h2-12,15,20H,13-14,16-18H2,1H3/t20-/m1/s1. The molecule has 0 aromatic heterocycles. The van der Waals surface area contributed by atoms with E-state index in [1.807, 2.05) is 36.4 Å². The van der Waals surface area contributed by atoms with Crippen LogP contribution < -0.4 is 0 Å². The number of rotatable bonds is 6. The summed E-state index contributed by atoms with van der Waals surface area (Å²) in [6.45, 7) is 3.44. The Labute approximate surface area is 167 Å². The summed E-state index contributed by atoms with van der Waals surface area (Å²) in [6.07, 6.45) is 1.03. The number of fused-ring (bicyclic) bond motifs is 1. The Kier molecular flexibility index (Phi) is 5.49. The van der Waals surface area contributed by atoms with E-state index >= 15 is 0 Å². The maximum atomic E-state index is 13.0. The van der Waals surface area contributed by atoms with Crippen molar-refractivity contribution in [1.82, 2.24) is 9.21 Å². The maximum Gasteiger partial charge on any atom is 0.242 e. The van der Waals surface area contributed by atoms with Gasteiger partial charge in [-0.15, -0.1) is 0 Å². The Morgan fingerprint density at radius 3 is 2.46 bits per heavy atom. The first-order chi connectivity index (χ1) is 13.5. The predicted octanol–water partition coefficient (Wildman–Crippen LogP) is 3.98. The fraction of sp³-hybridized carbons (Fsp3) is 0.304. The average Bonchev–Trinajstić information content (AvgIpc) is 3.15. The van der Waals surface area contributed by atoms with Crippen LogP contribution in [0.5, 0.6) is 0 Å². The molecule has 1 aliphatic rings. The van der Waals surface area contributed by atoms with E-state index in [0.29, 0.717) is 17.4 Å². The van der Waals surface area contributed by atoms with Gasteiger partial charge in [-0.2, -0.15) is 0 Å². The van der Waals surface area contributed by atoms with Gasteiger partial charge in [-0.1, -0.05) is 60.7 Å². The fourth-order valence-electron chi connectivity index (χ4n) is 4.02. The van der Waals surface area contributed by atoms with Crippen LogP contribution in [0.15, 0.2) is 77.7 Å². The van der Waals surface area contributed by atoms with Gasteiger partial charge in [-0.05, 0) is 47.4 Å². The number of hydrogen-bond donors (Lipinski definition) is 0. The van der Waals surface area contributed by atoms with Crippen molar-refractivity contribution in [2.24, 2.45) is 5.92 Å². The molecule has 0 saturated carbocycles. The van der Waals surface area contributed by atoms with Crippen LogP contribution in [-0.4, -0.2) is 44.3 Å². The summed E-state index contributed by atoms with van der Waals surface area (Å²) < 4.78 is 27.6. The molecule has 0 aliphatic carbocycles. The first kappa shape index (κ1) is 19.1. The summed E-state index contributed by atoms with van der Waals surface area (Å²) >= 11 is 0. The maximum absolute atomic E-state index is 13.0. The smallest absolute Gasteiger partial charge is 0.242 e. The van der Waals surface area contributed by atoms with Crippen molar-refractivity contribution in [2.45, 2.75) is 17.9 Å². The van der Waals surface area contributed by atoms with Gasteiger partial charge >= 0.3 is 0 Å². The van der Waals surface area contributed by atoms with Crippen molar-refractivity contribution in [3.63, 3.8) is 0 Å². The lowest BCUT2D eigenvalue weighted by atomic mass is 10.1. The summed E-state index contributed by atoms with van der Waals surface area (Å²) in [5.41, 5.74) is 1.31. The van der Waals surface area contributed by atoms with Crippen LogP contribution in [0.2, 0.25) is 0 Å². The van der Waals surface area contributed by atoms with Crippen LogP contribution in [0.25, 0.3) is 10.8 Å². The molecule has 28 heavy (non-hydrogen) atoms. The van der Waals surface area contributed by atoms with Crippen molar-refractivity contribution >= 4 is 20.8 Å². The Morgan fingerprint density at radius 1 is 0.964 bits per heavy atom. The number of nitrogens with zero attached hydrogens (tertiary/aromatic N) is 2. The molecular formula is C23H26N2O2S. The lowest BCUT2D eigenvalue weighted by Gasteiger charge is -2.22. The van der Waals surface area contributed by atoms with E-state index < -0.39 is 10.0 Å². The number of benzene rings is 3. The molecule has 1 heterocycles. The van der Waals surface area contributed by atoms with Crippen LogP contribution in [0.3, 0.4) is 0 Å². The molecule has 1 fully saturated rings. The van der Waals surface area contributed by atoms with Crippen LogP contribution in [-0.2, 0) is 16.6 Å². The van der Waals surface area contributed by atoms with E-state index in [1.165, 1.54) is 9.87 Å². The Hall–Kier alpha value is -2.21. The molecule has 4 rings (SSSR count). The first-order valence-corrected chi connectivity index (χ1v) is 11.2. The van der Waals surface area contributed by atoms with Gasteiger partial charge in [0, 0.05) is 26.7 Å². The van der Waals surface area contributed by atoms with Gasteiger partial charge in [-0.25, -0.2) is 12.7 Å². The quantitative estimate of drug-likeness (QED) is 0.635. The molecule has 1 saturated heterocycles. The highest BCUT2D eigenvalue weighted by molar-refractivity contribution is 7.89. The molecule has 3 aromatic carbocycles. The van der Waals surface area contributed by atoms with E-state index in [4.69, 9.17) is 0 Å². The molecule has 4 nitrogen and oxygen atoms in total. The van der Waals surface area contributed by atoms with E-state index in [-0.39, 0.29) is 0 Å². The van der Waals surface area contributed by atoms with Gasteiger partial charge in [0.1, 0.15) is 0 Å². The molecule has 1 atom stereocenters. The number of hydrogen-bond acceptors (Lipinski definition) is 3. The zero-order valence-electron chi connectivity index (χ0n) is 16.2.